The van der Waals surface area contributed by atoms with Crippen LogP contribution in [0.15, 0.2) is 23.6 Å². The first kappa shape index (κ1) is 12.6. The molecular weight excluding hydrogens is 242 g/mol. The molecule has 2 rings (SSSR count). The Labute approximate surface area is 111 Å². The number of aryl methyl sites for hydroxylation is 2. The molecule has 0 saturated heterocycles. The predicted molar refractivity (Wildman–Crippen MR) is 74.9 cm³/mol. The third-order valence-corrected chi connectivity index (χ3v) is 3.66. The molecule has 2 aromatic heterocycles. The average Bonchev–Trinajstić information content (AvgIpc) is 2.80. The lowest BCUT2D eigenvalue weighted by molar-refractivity contribution is 0.926. The smallest absolute Gasteiger partial charge is 0.103 e. The van der Waals surface area contributed by atoms with E-state index in [0.29, 0.717) is 5.56 Å². The fourth-order valence-electron chi connectivity index (χ4n) is 1.97. The quantitative estimate of drug-likeness (QED) is 0.847. The lowest BCUT2D eigenvalue weighted by atomic mass is 10.1. The fraction of sp³-hybridized carbons (Fsp3) is 0.286. The zero-order valence-corrected chi connectivity index (χ0v) is 11.6. The van der Waals surface area contributed by atoms with Crippen LogP contribution in [0.25, 0.3) is 0 Å². The molecule has 0 aliphatic rings. The topological polar surface area (TPSA) is 39.9 Å². The third-order valence-electron chi connectivity index (χ3n) is 2.80. The van der Waals surface area contributed by atoms with Crippen LogP contribution in [0, 0.1) is 25.2 Å². The van der Waals surface area contributed by atoms with Gasteiger partial charge in [0.05, 0.1) is 23.5 Å². The van der Waals surface area contributed by atoms with Crippen LogP contribution in [0.4, 0.5) is 5.69 Å². The molecular formula is C14H15N3S. The minimum Gasteiger partial charge on any atom is -0.368 e. The summed E-state index contributed by atoms with van der Waals surface area (Å²) in [5, 5.41) is 11.3. The van der Waals surface area contributed by atoms with E-state index in [-0.39, 0.29) is 0 Å². The van der Waals surface area contributed by atoms with Gasteiger partial charge in [-0.25, -0.2) is 0 Å². The van der Waals surface area contributed by atoms with Crippen LogP contribution in [0.2, 0.25) is 0 Å². The number of aromatic nitrogens is 1. The highest BCUT2D eigenvalue weighted by atomic mass is 32.1. The summed E-state index contributed by atoms with van der Waals surface area (Å²) in [5.74, 6) is 0. The molecule has 0 aliphatic carbocycles. The van der Waals surface area contributed by atoms with Gasteiger partial charge in [-0.1, -0.05) is 6.07 Å². The number of hydrogen-bond acceptors (Lipinski definition) is 4. The van der Waals surface area contributed by atoms with E-state index in [1.54, 1.807) is 11.3 Å². The number of hydrogen-bond donors (Lipinski definition) is 0. The van der Waals surface area contributed by atoms with Crippen molar-refractivity contribution in [3.63, 3.8) is 0 Å². The Balaban J connectivity index is 2.35. The van der Waals surface area contributed by atoms with Crippen molar-refractivity contribution < 1.29 is 0 Å². The van der Waals surface area contributed by atoms with Gasteiger partial charge in [0.25, 0.3) is 0 Å². The van der Waals surface area contributed by atoms with Crippen molar-refractivity contribution in [2.75, 3.05) is 11.9 Å². The molecule has 3 nitrogen and oxygen atoms in total. The average molecular weight is 257 g/mol. The van der Waals surface area contributed by atoms with Crippen molar-refractivity contribution in [1.29, 1.82) is 5.26 Å². The Bertz CT molecular complexity index is 582. The normalized spacial score (nSPS) is 10.1. The second-order valence-electron chi connectivity index (χ2n) is 4.29. The third kappa shape index (κ3) is 2.52. The maximum Gasteiger partial charge on any atom is 0.103 e. The summed E-state index contributed by atoms with van der Waals surface area (Å²) >= 11 is 1.73. The second-order valence-corrected chi connectivity index (χ2v) is 5.32. The number of anilines is 1. The van der Waals surface area contributed by atoms with Crippen molar-refractivity contribution in [3.8, 4) is 6.07 Å². The van der Waals surface area contributed by atoms with E-state index in [2.05, 4.69) is 27.4 Å². The van der Waals surface area contributed by atoms with Crippen molar-refractivity contribution in [3.05, 3.63) is 45.4 Å². The van der Waals surface area contributed by atoms with E-state index in [1.165, 1.54) is 4.88 Å². The highest BCUT2D eigenvalue weighted by Gasteiger charge is 2.12. The lowest BCUT2D eigenvalue weighted by Gasteiger charge is -2.21. The van der Waals surface area contributed by atoms with Gasteiger partial charge < -0.3 is 4.90 Å². The van der Waals surface area contributed by atoms with Gasteiger partial charge in [0.2, 0.25) is 0 Å². The monoisotopic (exact) mass is 257 g/mol. The molecule has 0 bridgehead atoms. The lowest BCUT2D eigenvalue weighted by Crippen LogP contribution is -2.18. The minimum absolute atomic E-state index is 0.666. The predicted octanol–water partition coefficient (Wildman–Crippen LogP) is 3.27. The zero-order chi connectivity index (χ0) is 13.1. The molecule has 0 N–H and O–H groups in total. The first-order chi connectivity index (χ1) is 8.61. The Kier molecular flexibility index (Phi) is 3.63. The molecule has 0 aromatic carbocycles. The molecule has 0 spiro atoms. The van der Waals surface area contributed by atoms with Gasteiger partial charge in [-0.2, -0.15) is 5.26 Å². The van der Waals surface area contributed by atoms with E-state index in [9.17, 15) is 5.26 Å². The van der Waals surface area contributed by atoms with Crippen LogP contribution in [0.5, 0.6) is 0 Å². The number of pyridine rings is 1. The summed E-state index contributed by atoms with van der Waals surface area (Å²) < 4.78 is 0. The molecule has 92 valence electrons. The molecule has 0 fully saturated rings. The van der Waals surface area contributed by atoms with Crippen molar-refractivity contribution in [1.82, 2.24) is 4.98 Å². The van der Waals surface area contributed by atoms with Gasteiger partial charge >= 0.3 is 0 Å². The van der Waals surface area contributed by atoms with Crippen LogP contribution in [-0.4, -0.2) is 12.0 Å². The second kappa shape index (κ2) is 5.19. The van der Waals surface area contributed by atoms with Crippen molar-refractivity contribution >= 4 is 17.0 Å². The largest absolute Gasteiger partial charge is 0.368 e. The molecule has 18 heavy (non-hydrogen) atoms. The summed E-state index contributed by atoms with van der Waals surface area (Å²) in [4.78, 5) is 7.73. The van der Waals surface area contributed by atoms with Gasteiger partial charge in [0.1, 0.15) is 6.07 Å². The van der Waals surface area contributed by atoms with E-state index in [0.717, 1.165) is 23.6 Å². The molecule has 0 saturated carbocycles. The molecule has 2 aromatic rings. The fourth-order valence-corrected chi connectivity index (χ4v) is 2.73. The number of nitriles is 1. The van der Waals surface area contributed by atoms with Gasteiger partial charge in [-0.05, 0) is 31.4 Å². The van der Waals surface area contributed by atoms with Crippen LogP contribution in [-0.2, 0) is 6.54 Å². The first-order valence-electron chi connectivity index (χ1n) is 5.73. The van der Waals surface area contributed by atoms with E-state index >= 15 is 0 Å². The Morgan fingerprint density at radius 1 is 1.44 bits per heavy atom. The molecule has 0 aliphatic heterocycles. The summed E-state index contributed by atoms with van der Waals surface area (Å²) in [7, 11) is 2.01. The Morgan fingerprint density at radius 2 is 2.22 bits per heavy atom. The zero-order valence-electron chi connectivity index (χ0n) is 10.8. The number of rotatable bonds is 3. The van der Waals surface area contributed by atoms with E-state index in [4.69, 9.17) is 0 Å². The molecule has 2 heterocycles. The molecule has 0 unspecified atom stereocenters. The molecule has 4 heteroatoms. The minimum atomic E-state index is 0.666. The standard InChI is InChI=1S/C14H15N3S/c1-10-7-14(13(8-15)11(2)16-10)17(3)9-12-5-4-6-18-12/h4-7H,9H2,1-3H3. The van der Waals surface area contributed by atoms with Gasteiger partial charge in [0, 0.05) is 17.6 Å². The Hall–Kier alpha value is -1.86. The van der Waals surface area contributed by atoms with Crippen LogP contribution < -0.4 is 4.90 Å². The summed E-state index contributed by atoms with van der Waals surface area (Å²) in [6, 6.07) is 8.37. The van der Waals surface area contributed by atoms with Crippen molar-refractivity contribution in [2.45, 2.75) is 20.4 Å². The highest BCUT2D eigenvalue weighted by Crippen LogP contribution is 2.24. The Morgan fingerprint density at radius 3 is 2.83 bits per heavy atom. The summed E-state index contributed by atoms with van der Waals surface area (Å²) in [5.41, 5.74) is 3.36. The van der Waals surface area contributed by atoms with Crippen molar-refractivity contribution in [2.24, 2.45) is 0 Å². The SMILES string of the molecule is Cc1cc(N(C)Cc2cccs2)c(C#N)c(C)n1. The van der Waals surface area contributed by atoms with Crippen LogP contribution in [0.1, 0.15) is 21.8 Å². The van der Waals surface area contributed by atoms with E-state index in [1.807, 2.05) is 33.0 Å². The van der Waals surface area contributed by atoms with Crippen LogP contribution in [0.3, 0.4) is 0 Å². The first-order valence-corrected chi connectivity index (χ1v) is 6.61. The van der Waals surface area contributed by atoms with Gasteiger partial charge in [0.15, 0.2) is 0 Å². The molecule has 0 radical (unpaired) electrons. The summed E-state index contributed by atoms with van der Waals surface area (Å²) in [6.45, 7) is 4.65. The molecule has 0 amide bonds. The summed E-state index contributed by atoms with van der Waals surface area (Å²) in [6.07, 6.45) is 0. The maximum atomic E-state index is 9.25. The van der Waals surface area contributed by atoms with Gasteiger partial charge in [-0.15, -0.1) is 11.3 Å². The molecule has 0 atom stereocenters. The van der Waals surface area contributed by atoms with Crippen LogP contribution >= 0.6 is 11.3 Å². The van der Waals surface area contributed by atoms with Gasteiger partial charge in [-0.3, -0.25) is 4.98 Å². The maximum absolute atomic E-state index is 9.25. The number of nitrogens with zero attached hydrogens (tertiary/aromatic N) is 3. The number of thiophene rings is 1. The highest BCUT2D eigenvalue weighted by molar-refractivity contribution is 7.09. The van der Waals surface area contributed by atoms with E-state index < -0.39 is 0 Å².